The molecule has 0 heterocycles. The maximum Gasteiger partial charge on any atom is 0.498 e. The molecule has 0 unspecified atom stereocenters. The third-order valence-electron chi connectivity index (χ3n) is 1.89. The molecule has 0 amide bonds. The summed E-state index contributed by atoms with van der Waals surface area (Å²) in [5.41, 5.74) is -11.5. The van der Waals surface area contributed by atoms with Crippen LogP contribution in [0, 0.1) is 5.39 Å². The van der Waals surface area contributed by atoms with Crippen molar-refractivity contribution in [3.63, 3.8) is 0 Å². The Balaban J connectivity index is 0.000000502. The number of diazo groups is 1. The Kier molecular flexibility index (Phi) is 6.55. The van der Waals surface area contributed by atoms with Crippen molar-refractivity contribution in [2.24, 2.45) is 0 Å². The van der Waals surface area contributed by atoms with E-state index in [9.17, 15) is 43.2 Å². The van der Waals surface area contributed by atoms with Crippen LogP contribution in [0.25, 0.3) is 4.98 Å². The van der Waals surface area contributed by atoms with Gasteiger partial charge < -0.3 is 0 Å². The molecule has 0 N–H and O–H groups in total. The van der Waals surface area contributed by atoms with Crippen molar-refractivity contribution >= 4 is 25.4 Å². The van der Waals surface area contributed by atoms with E-state index in [2.05, 4.69) is 4.98 Å². The van der Waals surface area contributed by atoms with Gasteiger partial charge in [-0.05, 0) is 0 Å². The Hall–Kier alpha value is -1.88. The van der Waals surface area contributed by atoms with E-state index < -0.39 is 35.8 Å². The van der Waals surface area contributed by atoms with E-state index in [4.69, 9.17) is 5.39 Å². The third kappa shape index (κ3) is 6.40. The lowest BCUT2D eigenvalue weighted by Gasteiger charge is -2.10. The van der Waals surface area contributed by atoms with Crippen LogP contribution < -0.4 is 0 Å². The van der Waals surface area contributed by atoms with Crippen molar-refractivity contribution in [1.82, 2.24) is 0 Å². The van der Waals surface area contributed by atoms with Crippen LogP contribution >= 0.6 is 0 Å². The molecular formula is C9H7F6N2O4S2+. The molecule has 0 aliphatic heterocycles. The molecule has 0 aliphatic carbocycles. The van der Waals surface area contributed by atoms with E-state index in [1.807, 2.05) is 18.2 Å². The molecule has 0 atom stereocenters. The first-order valence-electron chi connectivity index (χ1n) is 5.12. The van der Waals surface area contributed by atoms with Crippen molar-refractivity contribution < 1.29 is 43.2 Å². The average Bonchev–Trinajstić information content (AvgIpc) is 2.36. The van der Waals surface area contributed by atoms with Gasteiger partial charge in [0.2, 0.25) is 5.39 Å². The summed E-state index contributed by atoms with van der Waals surface area (Å²) >= 11 is 0. The molecule has 0 fully saturated rings. The quantitative estimate of drug-likeness (QED) is 0.576. The van der Waals surface area contributed by atoms with Crippen LogP contribution in [0.5, 0.6) is 0 Å². The number of nitrogens with zero attached hydrogens (tertiary/aromatic N) is 2. The smallest absolute Gasteiger partial charge is 0.218 e. The highest BCUT2D eigenvalue weighted by atomic mass is 32.3. The van der Waals surface area contributed by atoms with Gasteiger partial charge in [0, 0.05) is 12.1 Å². The first-order chi connectivity index (χ1) is 10.1. The number of hydrogen-bond acceptors (Lipinski definition) is 5. The van der Waals surface area contributed by atoms with Gasteiger partial charge in [0.05, 0.1) is 0 Å². The molecule has 0 bridgehead atoms. The lowest BCUT2D eigenvalue weighted by molar-refractivity contribution is -0.0456. The summed E-state index contributed by atoms with van der Waals surface area (Å²) in [4.78, 5) is 2.97. The van der Waals surface area contributed by atoms with Crippen LogP contribution in [0.15, 0.2) is 30.3 Å². The van der Waals surface area contributed by atoms with Gasteiger partial charge in [-0.1, -0.05) is 18.2 Å². The minimum absolute atomic E-state index is 0.590. The molecule has 6 nitrogen and oxygen atoms in total. The number of alkyl halides is 6. The van der Waals surface area contributed by atoms with Crippen LogP contribution in [0.2, 0.25) is 0 Å². The van der Waals surface area contributed by atoms with Gasteiger partial charge in [0.15, 0.2) is 10.1 Å². The number of hydrogen-bond donors (Lipinski definition) is 0. The largest absolute Gasteiger partial charge is 0.498 e. The second-order valence-corrected chi connectivity index (χ2v) is 8.00. The molecule has 0 saturated heterocycles. The lowest BCUT2D eigenvalue weighted by atomic mass is 10.3. The van der Waals surface area contributed by atoms with Crippen LogP contribution in [0.3, 0.4) is 0 Å². The second kappa shape index (κ2) is 7.13. The summed E-state index contributed by atoms with van der Waals surface area (Å²) < 4.78 is 110. The monoisotopic (exact) mass is 385 g/mol. The average molecular weight is 385 g/mol. The molecule has 23 heavy (non-hydrogen) atoms. The van der Waals surface area contributed by atoms with Crippen LogP contribution in [-0.2, 0) is 19.7 Å². The van der Waals surface area contributed by atoms with E-state index >= 15 is 0 Å². The zero-order valence-corrected chi connectivity index (χ0v) is 12.3. The predicted molar refractivity (Wildman–Crippen MR) is 66.0 cm³/mol. The van der Waals surface area contributed by atoms with Gasteiger partial charge in [-0.2, -0.15) is 26.3 Å². The highest BCUT2D eigenvalue weighted by molar-refractivity contribution is 8.08. The summed E-state index contributed by atoms with van der Waals surface area (Å²) in [6.07, 6.45) is 0. The third-order valence-corrected chi connectivity index (χ3v) is 5.78. The van der Waals surface area contributed by atoms with Crippen molar-refractivity contribution in [3.05, 3.63) is 35.3 Å². The summed E-state index contributed by atoms with van der Waals surface area (Å²) in [5, 5.41) is 5.13. The fourth-order valence-corrected chi connectivity index (χ4v) is 3.54. The van der Waals surface area contributed by atoms with E-state index in [1.54, 1.807) is 12.1 Å². The van der Waals surface area contributed by atoms with Crippen LogP contribution in [0.4, 0.5) is 32.0 Å². The zero-order chi connectivity index (χ0) is 18.5. The Bertz CT molecular complexity index is 721. The molecule has 0 spiro atoms. The van der Waals surface area contributed by atoms with E-state index in [1.165, 1.54) is 0 Å². The van der Waals surface area contributed by atoms with Crippen LogP contribution in [-0.4, -0.2) is 32.9 Å². The number of sulfone groups is 2. The normalized spacial score (nSPS) is 12.7. The first kappa shape index (κ1) is 21.1. The molecular weight excluding hydrogens is 378 g/mol. The second-order valence-electron chi connectivity index (χ2n) is 3.67. The molecule has 14 heteroatoms. The molecule has 0 radical (unpaired) electrons. The van der Waals surface area contributed by atoms with E-state index in [-0.39, 0.29) is 0 Å². The maximum absolute atomic E-state index is 11.5. The van der Waals surface area contributed by atoms with Crippen molar-refractivity contribution in [3.8, 4) is 0 Å². The molecule has 1 aromatic rings. The highest BCUT2D eigenvalue weighted by Gasteiger charge is 2.55. The van der Waals surface area contributed by atoms with Gasteiger partial charge in [-0.3, -0.25) is 0 Å². The minimum Gasteiger partial charge on any atom is -0.218 e. The Morgan fingerprint density at radius 3 is 1.39 bits per heavy atom. The lowest BCUT2D eigenvalue weighted by Crippen LogP contribution is -2.36. The topological polar surface area (TPSA) is 96.4 Å². The predicted octanol–water partition coefficient (Wildman–Crippen LogP) is 2.98. The standard InChI is InChI=1S/C6H5N2.C3H2F6O4S2/c7-8-6-4-2-1-3-5-6;4-2(5,6)14(10,11)1-15(12,13)3(7,8)9/h1-5H;1H2/q+1;. The summed E-state index contributed by atoms with van der Waals surface area (Å²) in [6.45, 7) is 0. The van der Waals surface area contributed by atoms with Gasteiger partial charge in [-0.15, -0.1) is 0 Å². The molecule has 0 aromatic heterocycles. The minimum atomic E-state index is -6.35. The Morgan fingerprint density at radius 2 is 1.17 bits per heavy atom. The first-order valence-corrected chi connectivity index (χ1v) is 8.42. The van der Waals surface area contributed by atoms with Crippen molar-refractivity contribution in [2.45, 2.75) is 11.0 Å². The fraction of sp³-hybridized carbons (Fsp3) is 0.333. The van der Waals surface area contributed by atoms with Gasteiger partial charge >= 0.3 is 16.7 Å². The fourth-order valence-electron chi connectivity index (χ4n) is 0.833. The molecule has 1 aromatic carbocycles. The molecule has 0 aliphatic rings. The Morgan fingerprint density at radius 1 is 0.826 bits per heavy atom. The van der Waals surface area contributed by atoms with Crippen LogP contribution in [0.1, 0.15) is 0 Å². The number of halogens is 6. The summed E-state index contributed by atoms with van der Waals surface area (Å²) in [7, 11) is -12.7. The van der Waals surface area contributed by atoms with Gasteiger partial charge in [0.1, 0.15) is 0 Å². The van der Waals surface area contributed by atoms with E-state index in [0.29, 0.717) is 5.69 Å². The van der Waals surface area contributed by atoms with Gasteiger partial charge in [-0.25, -0.2) is 16.8 Å². The van der Waals surface area contributed by atoms with Crippen molar-refractivity contribution in [1.29, 1.82) is 5.39 Å². The number of benzene rings is 1. The van der Waals surface area contributed by atoms with Gasteiger partial charge in [0.25, 0.3) is 19.7 Å². The SMILES string of the molecule is N#[N+]c1ccccc1.O=S(=O)(CS(=O)(=O)C(F)(F)F)C(F)(F)F. The zero-order valence-electron chi connectivity index (χ0n) is 10.7. The maximum atomic E-state index is 11.5. The summed E-state index contributed by atoms with van der Waals surface area (Å²) in [5.74, 6) is 0. The molecule has 1 rings (SSSR count). The van der Waals surface area contributed by atoms with E-state index in [0.717, 1.165) is 0 Å². The molecule has 0 saturated carbocycles. The highest BCUT2D eigenvalue weighted by Crippen LogP contribution is 2.30. The molecule has 130 valence electrons. The van der Waals surface area contributed by atoms with Crippen molar-refractivity contribution in [2.75, 3.05) is 5.08 Å². The number of rotatable bonds is 2. The summed E-state index contributed by atoms with van der Waals surface area (Å²) in [6, 6.07) is 8.94. The Labute approximate surface area is 126 Å².